The number of nitrogens with zero attached hydrogens (tertiary/aromatic N) is 1. The molecule has 1 aliphatic heterocycles. The first-order chi connectivity index (χ1) is 7.15. The van der Waals surface area contributed by atoms with Crippen molar-refractivity contribution >= 4 is 17.5 Å². The molecule has 0 spiro atoms. The summed E-state index contributed by atoms with van der Waals surface area (Å²) in [4.78, 5) is 24.5. The Kier molecular flexibility index (Phi) is 2.17. The minimum absolute atomic E-state index is 0.0355. The minimum atomic E-state index is -0.357. The van der Waals surface area contributed by atoms with Crippen molar-refractivity contribution < 1.29 is 14.3 Å². The zero-order valence-electron chi connectivity index (χ0n) is 8.19. The SMILES string of the molecule is COCN1C(=O)c2ccc(N)cc2C1=O. The van der Waals surface area contributed by atoms with E-state index in [1.807, 2.05) is 0 Å². The lowest BCUT2D eigenvalue weighted by molar-refractivity contribution is 0.0389. The third-order valence-corrected chi connectivity index (χ3v) is 2.25. The fraction of sp³-hybridized carbons (Fsp3) is 0.200. The topological polar surface area (TPSA) is 72.6 Å². The maximum Gasteiger partial charge on any atom is 0.263 e. The van der Waals surface area contributed by atoms with Gasteiger partial charge in [0.1, 0.15) is 6.73 Å². The molecule has 78 valence electrons. The number of amides is 2. The van der Waals surface area contributed by atoms with Crippen LogP contribution in [-0.2, 0) is 4.74 Å². The molecule has 0 bridgehead atoms. The van der Waals surface area contributed by atoms with Gasteiger partial charge in [-0.25, -0.2) is 0 Å². The summed E-state index contributed by atoms with van der Waals surface area (Å²) in [5.41, 5.74) is 6.74. The fourth-order valence-corrected chi connectivity index (χ4v) is 1.55. The number of hydrogen-bond donors (Lipinski definition) is 1. The summed E-state index contributed by atoms with van der Waals surface area (Å²) < 4.78 is 4.78. The van der Waals surface area contributed by atoms with E-state index in [1.165, 1.54) is 13.2 Å². The molecule has 0 radical (unpaired) electrons. The second-order valence-corrected chi connectivity index (χ2v) is 3.26. The molecule has 2 rings (SSSR count). The van der Waals surface area contributed by atoms with Crippen molar-refractivity contribution in [2.24, 2.45) is 0 Å². The van der Waals surface area contributed by atoms with Crippen LogP contribution < -0.4 is 5.73 Å². The number of nitrogens with two attached hydrogens (primary N) is 1. The summed E-state index contributed by atoms with van der Waals surface area (Å²) in [6.45, 7) is -0.0355. The van der Waals surface area contributed by atoms with Crippen LogP contribution in [0.5, 0.6) is 0 Å². The average molecular weight is 206 g/mol. The van der Waals surface area contributed by atoms with Crippen molar-refractivity contribution in [1.29, 1.82) is 0 Å². The van der Waals surface area contributed by atoms with Crippen molar-refractivity contribution in [3.63, 3.8) is 0 Å². The van der Waals surface area contributed by atoms with Crippen molar-refractivity contribution in [2.75, 3.05) is 19.6 Å². The fourth-order valence-electron chi connectivity index (χ4n) is 1.55. The molecule has 1 aromatic rings. The third kappa shape index (κ3) is 1.37. The predicted molar refractivity (Wildman–Crippen MR) is 53.2 cm³/mol. The summed E-state index contributed by atoms with van der Waals surface area (Å²) in [7, 11) is 1.43. The number of rotatable bonds is 2. The van der Waals surface area contributed by atoms with Gasteiger partial charge in [-0.15, -0.1) is 0 Å². The molecule has 0 fully saturated rings. The number of nitrogen functional groups attached to an aromatic ring is 1. The maximum absolute atomic E-state index is 11.7. The van der Waals surface area contributed by atoms with Gasteiger partial charge >= 0.3 is 0 Å². The van der Waals surface area contributed by atoms with Crippen LogP contribution in [0.3, 0.4) is 0 Å². The van der Waals surface area contributed by atoms with Gasteiger partial charge in [-0.05, 0) is 18.2 Å². The van der Waals surface area contributed by atoms with Crippen LogP contribution in [0.15, 0.2) is 18.2 Å². The Labute approximate surface area is 86.4 Å². The molecule has 0 atom stereocenters. The molecule has 0 unspecified atom stereocenters. The van der Waals surface area contributed by atoms with E-state index in [0.29, 0.717) is 16.8 Å². The van der Waals surface area contributed by atoms with Crippen LogP contribution in [0, 0.1) is 0 Å². The van der Waals surface area contributed by atoms with Crippen molar-refractivity contribution in [1.82, 2.24) is 4.90 Å². The zero-order chi connectivity index (χ0) is 11.0. The number of ether oxygens (including phenoxy) is 1. The maximum atomic E-state index is 11.7. The molecule has 1 aliphatic rings. The van der Waals surface area contributed by atoms with Gasteiger partial charge in [-0.3, -0.25) is 14.5 Å². The van der Waals surface area contributed by atoms with E-state index >= 15 is 0 Å². The third-order valence-electron chi connectivity index (χ3n) is 2.25. The van der Waals surface area contributed by atoms with E-state index in [-0.39, 0.29) is 18.5 Å². The van der Waals surface area contributed by atoms with E-state index in [0.717, 1.165) is 4.90 Å². The Bertz CT molecular complexity index is 442. The molecule has 0 aromatic heterocycles. The molecule has 0 saturated carbocycles. The lowest BCUT2D eigenvalue weighted by Gasteiger charge is -2.11. The second kappa shape index (κ2) is 3.36. The Hall–Kier alpha value is -1.88. The van der Waals surface area contributed by atoms with Crippen LogP contribution >= 0.6 is 0 Å². The first-order valence-electron chi connectivity index (χ1n) is 4.40. The lowest BCUT2D eigenvalue weighted by atomic mass is 10.1. The number of anilines is 1. The summed E-state index contributed by atoms with van der Waals surface area (Å²) in [6, 6.07) is 4.66. The minimum Gasteiger partial charge on any atom is -0.399 e. The summed E-state index contributed by atoms with van der Waals surface area (Å²) in [5.74, 6) is -0.694. The molecule has 1 heterocycles. The molecule has 2 amide bonds. The number of methoxy groups -OCH3 is 1. The first kappa shape index (κ1) is 9.67. The van der Waals surface area contributed by atoms with Gasteiger partial charge in [0.05, 0.1) is 11.1 Å². The van der Waals surface area contributed by atoms with Gasteiger partial charge in [-0.2, -0.15) is 0 Å². The number of carbonyl (C=O) groups is 2. The van der Waals surface area contributed by atoms with Crippen LogP contribution in [0.1, 0.15) is 20.7 Å². The standard InChI is InChI=1S/C10H10N2O3/c1-15-5-12-9(13)7-3-2-6(11)4-8(7)10(12)14/h2-4H,5,11H2,1H3. The van der Waals surface area contributed by atoms with Crippen molar-refractivity contribution in [3.8, 4) is 0 Å². The molecule has 1 aromatic carbocycles. The van der Waals surface area contributed by atoms with Gasteiger partial charge in [0.15, 0.2) is 0 Å². The molecule has 2 N–H and O–H groups in total. The van der Waals surface area contributed by atoms with E-state index in [9.17, 15) is 9.59 Å². The summed E-state index contributed by atoms with van der Waals surface area (Å²) in [6.07, 6.45) is 0. The Balaban J connectivity index is 2.46. The molecule has 5 nitrogen and oxygen atoms in total. The number of imide groups is 1. The molecular weight excluding hydrogens is 196 g/mol. The van der Waals surface area contributed by atoms with Crippen molar-refractivity contribution in [2.45, 2.75) is 0 Å². The smallest absolute Gasteiger partial charge is 0.263 e. The molecule has 5 heteroatoms. The Morgan fingerprint density at radius 3 is 2.60 bits per heavy atom. The van der Waals surface area contributed by atoms with E-state index in [1.54, 1.807) is 12.1 Å². The van der Waals surface area contributed by atoms with Gasteiger partial charge in [0.2, 0.25) is 0 Å². The van der Waals surface area contributed by atoms with Crippen LogP contribution in [0.2, 0.25) is 0 Å². The van der Waals surface area contributed by atoms with Crippen LogP contribution in [0.4, 0.5) is 5.69 Å². The Morgan fingerprint density at radius 2 is 1.93 bits per heavy atom. The normalized spacial score (nSPS) is 14.6. The van der Waals surface area contributed by atoms with Crippen molar-refractivity contribution in [3.05, 3.63) is 29.3 Å². The highest BCUT2D eigenvalue weighted by Crippen LogP contribution is 2.24. The Morgan fingerprint density at radius 1 is 1.27 bits per heavy atom. The second-order valence-electron chi connectivity index (χ2n) is 3.26. The van der Waals surface area contributed by atoms with Gasteiger partial charge in [-0.1, -0.05) is 0 Å². The highest BCUT2D eigenvalue weighted by Gasteiger charge is 2.35. The van der Waals surface area contributed by atoms with E-state index in [2.05, 4.69) is 0 Å². The van der Waals surface area contributed by atoms with Gasteiger partial charge in [0.25, 0.3) is 11.8 Å². The average Bonchev–Trinajstić information content (AvgIpc) is 2.44. The number of benzene rings is 1. The zero-order valence-corrected chi connectivity index (χ0v) is 8.19. The van der Waals surface area contributed by atoms with Crippen LogP contribution in [-0.4, -0.2) is 30.6 Å². The quantitative estimate of drug-likeness (QED) is 0.564. The first-order valence-corrected chi connectivity index (χ1v) is 4.40. The van der Waals surface area contributed by atoms with Gasteiger partial charge < -0.3 is 10.5 Å². The molecule has 0 saturated heterocycles. The molecule has 0 aliphatic carbocycles. The highest BCUT2D eigenvalue weighted by atomic mass is 16.5. The number of carbonyl (C=O) groups excluding carboxylic acids is 2. The molecular formula is C10H10N2O3. The molecule has 15 heavy (non-hydrogen) atoms. The predicted octanol–water partition coefficient (Wildman–Crippen LogP) is 0.469. The number of fused-ring (bicyclic) bond motifs is 1. The monoisotopic (exact) mass is 206 g/mol. The summed E-state index contributed by atoms with van der Waals surface area (Å²) in [5, 5.41) is 0. The highest BCUT2D eigenvalue weighted by molar-refractivity contribution is 6.21. The largest absolute Gasteiger partial charge is 0.399 e. The number of hydrogen-bond acceptors (Lipinski definition) is 4. The van der Waals surface area contributed by atoms with E-state index in [4.69, 9.17) is 10.5 Å². The lowest BCUT2D eigenvalue weighted by Crippen LogP contribution is -2.31. The van der Waals surface area contributed by atoms with Crippen LogP contribution in [0.25, 0.3) is 0 Å². The summed E-state index contributed by atoms with van der Waals surface area (Å²) >= 11 is 0. The van der Waals surface area contributed by atoms with Gasteiger partial charge in [0, 0.05) is 12.8 Å². The van der Waals surface area contributed by atoms with E-state index < -0.39 is 0 Å².